The molecule has 0 radical (unpaired) electrons. The molecule has 0 atom stereocenters. The highest BCUT2D eigenvalue weighted by molar-refractivity contribution is 5.40. The molecule has 106 valence electrons. The summed E-state index contributed by atoms with van der Waals surface area (Å²) >= 11 is 0. The van der Waals surface area contributed by atoms with Crippen LogP contribution in [0.2, 0.25) is 0 Å². The lowest BCUT2D eigenvalue weighted by molar-refractivity contribution is -0.385. The number of aryl methyl sites for hydroxylation is 1. The molecular formula is C13H15FN4O2. The predicted molar refractivity (Wildman–Crippen MR) is 71.7 cm³/mol. The van der Waals surface area contributed by atoms with Crippen molar-refractivity contribution in [3.63, 3.8) is 0 Å². The normalized spacial score (nSPS) is 10.7. The number of halogens is 1. The van der Waals surface area contributed by atoms with Gasteiger partial charge in [0.05, 0.1) is 4.92 Å². The molecule has 0 spiro atoms. The first-order valence-corrected chi connectivity index (χ1v) is 6.17. The van der Waals surface area contributed by atoms with Crippen LogP contribution in [0.3, 0.4) is 0 Å². The van der Waals surface area contributed by atoms with Gasteiger partial charge in [-0.2, -0.15) is 0 Å². The smallest absolute Gasteiger partial charge is 0.274 e. The Morgan fingerprint density at radius 1 is 1.50 bits per heavy atom. The van der Waals surface area contributed by atoms with Crippen LogP contribution in [-0.2, 0) is 20.0 Å². The summed E-state index contributed by atoms with van der Waals surface area (Å²) in [7, 11) is 1.90. The van der Waals surface area contributed by atoms with E-state index in [9.17, 15) is 14.5 Å². The van der Waals surface area contributed by atoms with Gasteiger partial charge in [-0.15, -0.1) is 0 Å². The van der Waals surface area contributed by atoms with E-state index in [4.69, 9.17) is 0 Å². The summed E-state index contributed by atoms with van der Waals surface area (Å²) < 4.78 is 15.0. The van der Waals surface area contributed by atoms with Crippen LogP contribution in [0.15, 0.2) is 30.6 Å². The minimum absolute atomic E-state index is 0.0732. The molecular weight excluding hydrogens is 263 g/mol. The fraction of sp³-hybridized carbons (Fsp3) is 0.308. The van der Waals surface area contributed by atoms with E-state index >= 15 is 0 Å². The van der Waals surface area contributed by atoms with Gasteiger partial charge in [0.2, 0.25) is 0 Å². The molecule has 1 aromatic heterocycles. The van der Waals surface area contributed by atoms with Crippen molar-refractivity contribution in [2.75, 3.05) is 6.54 Å². The van der Waals surface area contributed by atoms with Gasteiger partial charge in [-0.3, -0.25) is 10.1 Å². The summed E-state index contributed by atoms with van der Waals surface area (Å²) in [6.45, 7) is 0.858. The van der Waals surface area contributed by atoms with Crippen LogP contribution >= 0.6 is 0 Å². The molecule has 0 saturated carbocycles. The number of rotatable bonds is 6. The summed E-state index contributed by atoms with van der Waals surface area (Å²) in [5.74, 6) is 0.447. The standard InChI is InChI=1S/C13H15FN4O2/c1-17-7-6-16-13(17)4-5-15-9-10-8-11(14)2-3-12(10)18(19)20/h2-3,6-8,15H,4-5,9H2,1H3. The summed E-state index contributed by atoms with van der Waals surface area (Å²) in [5, 5.41) is 13.9. The van der Waals surface area contributed by atoms with E-state index in [-0.39, 0.29) is 12.2 Å². The van der Waals surface area contributed by atoms with Crippen molar-refractivity contribution >= 4 is 5.69 Å². The molecule has 0 aliphatic heterocycles. The molecule has 6 nitrogen and oxygen atoms in total. The van der Waals surface area contributed by atoms with Crippen LogP contribution in [0.25, 0.3) is 0 Å². The number of aromatic nitrogens is 2. The number of hydrogen-bond donors (Lipinski definition) is 1. The Labute approximate surface area is 115 Å². The van der Waals surface area contributed by atoms with Gasteiger partial charge in [0, 0.05) is 50.6 Å². The van der Waals surface area contributed by atoms with Crippen LogP contribution < -0.4 is 5.32 Å². The monoisotopic (exact) mass is 278 g/mol. The van der Waals surface area contributed by atoms with Crippen molar-refractivity contribution in [2.45, 2.75) is 13.0 Å². The third-order valence-corrected chi connectivity index (χ3v) is 3.00. The number of imidazole rings is 1. The maximum Gasteiger partial charge on any atom is 0.274 e. The molecule has 0 saturated heterocycles. The Morgan fingerprint density at radius 3 is 2.95 bits per heavy atom. The minimum atomic E-state index is -0.505. The summed E-state index contributed by atoms with van der Waals surface area (Å²) in [5.41, 5.74) is 0.269. The fourth-order valence-corrected chi connectivity index (χ4v) is 1.93. The molecule has 0 unspecified atom stereocenters. The van der Waals surface area contributed by atoms with E-state index in [0.717, 1.165) is 11.9 Å². The highest BCUT2D eigenvalue weighted by Gasteiger charge is 2.13. The first kappa shape index (κ1) is 14.1. The SMILES string of the molecule is Cn1ccnc1CCNCc1cc(F)ccc1[N+](=O)[O-]. The van der Waals surface area contributed by atoms with Gasteiger partial charge in [0.25, 0.3) is 5.69 Å². The largest absolute Gasteiger partial charge is 0.338 e. The number of nitrogens with one attached hydrogen (secondary N) is 1. The predicted octanol–water partition coefficient (Wildman–Crippen LogP) is 1.80. The quantitative estimate of drug-likeness (QED) is 0.497. The molecule has 0 aliphatic carbocycles. The van der Waals surface area contributed by atoms with Gasteiger partial charge >= 0.3 is 0 Å². The van der Waals surface area contributed by atoms with Crippen molar-refractivity contribution in [3.05, 3.63) is 57.9 Å². The minimum Gasteiger partial charge on any atom is -0.338 e. The van der Waals surface area contributed by atoms with Gasteiger partial charge in [0.15, 0.2) is 0 Å². The van der Waals surface area contributed by atoms with Gasteiger partial charge < -0.3 is 9.88 Å². The van der Waals surface area contributed by atoms with Crippen LogP contribution in [0.1, 0.15) is 11.4 Å². The Hall–Kier alpha value is -2.28. The molecule has 1 aromatic carbocycles. The molecule has 2 aromatic rings. The number of benzene rings is 1. The van der Waals surface area contributed by atoms with Gasteiger partial charge in [-0.1, -0.05) is 0 Å². The summed E-state index contributed by atoms with van der Waals surface area (Å²) in [6, 6.07) is 3.46. The van der Waals surface area contributed by atoms with Crippen molar-refractivity contribution in [3.8, 4) is 0 Å². The lowest BCUT2D eigenvalue weighted by atomic mass is 10.1. The fourth-order valence-electron chi connectivity index (χ4n) is 1.93. The second-order valence-electron chi connectivity index (χ2n) is 4.41. The first-order valence-electron chi connectivity index (χ1n) is 6.17. The van der Waals surface area contributed by atoms with Crippen LogP contribution in [-0.4, -0.2) is 21.0 Å². The van der Waals surface area contributed by atoms with E-state index in [1.165, 1.54) is 12.1 Å². The molecule has 1 heterocycles. The Balaban J connectivity index is 1.92. The number of hydrogen-bond acceptors (Lipinski definition) is 4. The van der Waals surface area contributed by atoms with Gasteiger partial charge in [-0.25, -0.2) is 9.37 Å². The van der Waals surface area contributed by atoms with Gasteiger partial charge in [-0.05, 0) is 12.1 Å². The van der Waals surface area contributed by atoms with E-state index < -0.39 is 10.7 Å². The molecule has 0 bridgehead atoms. The maximum absolute atomic E-state index is 13.1. The van der Waals surface area contributed by atoms with E-state index in [1.54, 1.807) is 6.20 Å². The van der Waals surface area contributed by atoms with Crippen molar-refractivity contribution in [2.24, 2.45) is 7.05 Å². The van der Waals surface area contributed by atoms with Crippen molar-refractivity contribution in [1.82, 2.24) is 14.9 Å². The first-order chi connectivity index (χ1) is 9.58. The third-order valence-electron chi connectivity index (χ3n) is 3.00. The second-order valence-corrected chi connectivity index (χ2v) is 4.41. The Bertz CT molecular complexity index is 612. The van der Waals surface area contributed by atoms with Crippen molar-refractivity contribution in [1.29, 1.82) is 0 Å². The molecule has 1 N–H and O–H groups in total. The number of nitrogens with zero attached hydrogens (tertiary/aromatic N) is 3. The lowest BCUT2D eigenvalue weighted by Gasteiger charge is -2.06. The summed E-state index contributed by atoms with van der Waals surface area (Å²) in [6.07, 6.45) is 4.27. The zero-order chi connectivity index (χ0) is 14.5. The van der Waals surface area contributed by atoms with E-state index in [2.05, 4.69) is 10.3 Å². The molecule has 20 heavy (non-hydrogen) atoms. The highest BCUT2D eigenvalue weighted by atomic mass is 19.1. The van der Waals surface area contributed by atoms with Crippen molar-refractivity contribution < 1.29 is 9.31 Å². The zero-order valence-corrected chi connectivity index (χ0v) is 11.0. The van der Waals surface area contributed by atoms with Crippen LogP contribution in [0.5, 0.6) is 0 Å². The molecule has 0 fully saturated rings. The molecule has 7 heteroatoms. The molecule has 0 aliphatic rings. The lowest BCUT2D eigenvalue weighted by Crippen LogP contribution is -2.19. The number of nitro groups is 1. The summed E-state index contributed by atoms with van der Waals surface area (Å²) in [4.78, 5) is 14.5. The number of nitro benzene ring substituents is 1. The molecule has 2 rings (SSSR count). The van der Waals surface area contributed by atoms with Crippen LogP contribution in [0.4, 0.5) is 10.1 Å². The Morgan fingerprint density at radius 2 is 2.30 bits per heavy atom. The van der Waals surface area contributed by atoms with E-state index in [1.807, 2.05) is 17.8 Å². The second kappa shape index (κ2) is 6.25. The molecule has 0 amide bonds. The maximum atomic E-state index is 13.1. The zero-order valence-electron chi connectivity index (χ0n) is 11.0. The van der Waals surface area contributed by atoms with Gasteiger partial charge in [0.1, 0.15) is 11.6 Å². The third kappa shape index (κ3) is 3.39. The topological polar surface area (TPSA) is 73.0 Å². The average molecular weight is 278 g/mol. The Kier molecular flexibility index (Phi) is 4.41. The van der Waals surface area contributed by atoms with E-state index in [0.29, 0.717) is 18.5 Å². The average Bonchev–Trinajstić information content (AvgIpc) is 2.80. The highest BCUT2D eigenvalue weighted by Crippen LogP contribution is 2.19. The van der Waals surface area contributed by atoms with Crippen LogP contribution in [0, 0.1) is 15.9 Å².